The van der Waals surface area contributed by atoms with E-state index in [-0.39, 0.29) is 5.75 Å². The smallest absolute Gasteiger partial charge is 0.119 e. The van der Waals surface area contributed by atoms with Crippen molar-refractivity contribution in [3.63, 3.8) is 0 Å². The minimum absolute atomic E-state index is 0.207. The molecule has 0 saturated heterocycles. The van der Waals surface area contributed by atoms with Crippen molar-refractivity contribution >= 4 is 11.4 Å². The molecule has 3 rings (SSSR count). The van der Waals surface area contributed by atoms with Crippen molar-refractivity contribution in [1.82, 2.24) is 0 Å². The largest absolute Gasteiger partial charge is 0.508 e. The lowest BCUT2D eigenvalue weighted by Gasteiger charge is -2.21. The second kappa shape index (κ2) is 4.60. The van der Waals surface area contributed by atoms with Crippen LogP contribution < -0.4 is 0 Å². The summed E-state index contributed by atoms with van der Waals surface area (Å²) in [5, 5.41) is 26.6. The van der Waals surface area contributed by atoms with Gasteiger partial charge in [0.25, 0.3) is 0 Å². The molecule has 0 bridgehead atoms. The zero-order chi connectivity index (χ0) is 14.3. The molecule has 1 aliphatic carbocycles. The van der Waals surface area contributed by atoms with Crippen molar-refractivity contribution in [2.45, 2.75) is 19.8 Å². The molecule has 2 aromatic rings. The Hall–Kier alpha value is -2.42. The highest BCUT2D eigenvalue weighted by atomic mass is 16.3. The molecule has 0 atom stereocenters. The lowest BCUT2D eigenvalue weighted by molar-refractivity contribution is 0.470. The predicted molar refractivity (Wildman–Crippen MR) is 80.4 cm³/mol. The fourth-order valence-electron chi connectivity index (χ4n) is 2.83. The normalized spacial score (nSPS) is 14.2. The van der Waals surface area contributed by atoms with Gasteiger partial charge in [-0.15, -0.1) is 0 Å². The topological polar surface area (TPSA) is 67.9 Å². The molecule has 20 heavy (non-hydrogen) atoms. The van der Waals surface area contributed by atoms with Crippen LogP contribution in [0.1, 0.15) is 27.8 Å². The molecule has 2 aromatic carbocycles. The third-order valence-corrected chi connectivity index (χ3v) is 3.87. The van der Waals surface area contributed by atoms with Crippen molar-refractivity contribution in [1.29, 1.82) is 10.8 Å². The minimum Gasteiger partial charge on any atom is -0.508 e. The van der Waals surface area contributed by atoms with Gasteiger partial charge < -0.3 is 10.5 Å². The standard InChI is InChI=1S/C17H16N2O/c1-10-15(20)7-6-12-9-13(18)8-11-4-2-3-5-14(11)17(19)16(10)12/h2-7,18-20H,8-9H2,1H3. The van der Waals surface area contributed by atoms with Gasteiger partial charge >= 0.3 is 0 Å². The molecule has 3 heteroatoms. The molecule has 3 N–H and O–H groups in total. The number of phenolic OH excluding ortho intramolecular Hbond substituents is 1. The second-order valence-electron chi connectivity index (χ2n) is 5.23. The molecule has 0 heterocycles. The predicted octanol–water partition coefficient (Wildman–Crippen LogP) is 3.24. The third-order valence-electron chi connectivity index (χ3n) is 3.87. The number of hydrogen-bond acceptors (Lipinski definition) is 3. The van der Waals surface area contributed by atoms with E-state index in [1.165, 1.54) is 0 Å². The van der Waals surface area contributed by atoms with Crippen molar-refractivity contribution in [3.8, 4) is 5.75 Å². The van der Waals surface area contributed by atoms with Crippen LogP contribution in [0.5, 0.6) is 5.75 Å². The van der Waals surface area contributed by atoms with Gasteiger partial charge in [0.15, 0.2) is 0 Å². The Labute approximate surface area is 117 Å². The van der Waals surface area contributed by atoms with Crippen molar-refractivity contribution in [2.24, 2.45) is 0 Å². The molecule has 0 fully saturated rings. The Morgan fingerprint density at radius 2 is 1.65 bits per heavy atom. The second-order valence-corrected chi connectivity index (χ2v) is 5.23. The SMILES string of the molecule is Cc1c(O)ccc2c1C(=N)c1ccccc1CC(=N)C2. The highest BCUT2D eigenvalue weighted by molar-refractivity contribution is 6.15. The molecule has 0 unspecified atom stereocenters. The fourth-order valence-corrected chi connectivity index (χ4v) is 2.83. The molecular weight excluding hydrogens is 248 g/mol. The van der Waals surface area contributed by atoms with E-state index < -0.39 is 0 Å². The van der Waals surface area contributed by atoms with Crippen LogP contribution in [0.15, 0.2) is 36.4 Å². The van der Waals surface area contributed by atoms with Crippen LogP contribution in [0.4, 0.5) is 0 Å². The average molecular weight is 264 g/mol. The first-order valence-electron chi connectivity index (χ1n) is 6.63. The van der Waals surface area contributed by atoms with E-state index in [0.29, 0.717) is 24.3 Å². The van der Waals surface area contributed by atoms with Gasteiger partial charge in [-0.2, -0.15) is 0 Å². The molecule has 0 aromatic heterocycles. The Balaban J connectivity index is 2.30. The molecule has 0 saturated carbocycles. The molecule has 0 aliphatic heterocycles. The van der Waals surface area contributed by atoms with E-state index in [2.05, 4.69) is 0 Å². The highest BCUT2D eigenvalue weighted by Crippen LogP contribution is 2.29. The molecule has 3 nitrogen and oxygen atoms in total. The Morgan fingerprint density at radius 3 is 2.45 bits per heavy atom. The first-order valence-corrected chi connectivity index (χ1v) is 6.63. The summed E-state index contributed by atoms with van der Waals surface area (Å²) in [6, 6.07) is 11.2. The maximum atomic E-state index is 9.92. The summed E-state index contributed by atoms with van der Waals surface area (Å²) in [5.74, 6) is 0.207. The van der Waals surface area contributed by atoms with E-state index in [4.69, 9.17) is 10.8 Å². The van der Waals surface area contributed by atoms with Crippen LogP contribution in [-0.4, -0.2) is 16.5 Å². The van der Waals surface area contributed by atoms with Gasteiger partial charge in [0, 0.05) is 35.2 Å². The van der Waals surface area contributed by atoms with E-state index >= 15 is 0 Å². The number of fused-ring (bicyclic) bond motifs is 2. The van der Waals surface area contributed by atoms with Crippen LogP contribution >= 0.6 is 0 Å². The summed E-state index contributed by atoms with van der Waals surface area (Å²) >= 11 is 0. The van der Waals surface area contributed by atoms with Crippen LogP contribution in [0.3, 0.4) is 0 Å². The van der Waals surface area contributed by atoms with E-state index in [1.54, 1.807) is 6.07 Å². The Bertz CT molecular complexity index is 732. The lowest BCUT2D eigenvalue weighted by Crippen LogP contribution is -2.18. The molecule has 0 radical (unpaired) electrons. The van der Waals surface area contributed by atoms with Crippen LogP contribution in [-0.2, 0) is 12.8 Å². The summed E-state index contributed by atoms with van der Waals surface area (Å²) in [6.07, 6.45) is 1.12. The average Bonchev–Trinajstić information content (AvgIpc) is 2.42. The monoisotopic (exact) mass is 264 g/mol. The summed E-state index contributed by atoms with van der Waals surface area (Å²) in [6.45, 7) is 1.83. The van der Waals surface area contributed by atoms with Gasteiger partial charge in [-0.3, -0.25) is 5.41 Å². The van der Waals surface area contributed by atoms with Crippen molar-refractivity contribution < 1.29 is 5.11 Å². The maximum absolute atomic E-state index is 9.92. The van der Waals surface area contributed by atoms with E-state index in [9.17, 15) is 5.11 Å². The van der Waals surface area contributed by atoms with Gasteiger partial charge in [0.1, 0.15) is 5.75 Å². The highest BCUT2D eigenvalue weighted by Gasteiger charge is 2.21. The number of rotatable bonds is 0. The van der Waals surface area contributed by atoms with Gasteiger partial charge in [-0.1, -0.05) is 30.3 Å². The Kier molecular flexibility index (Phi) is 2.90. The fraction of sp³-hybridized carbons (Fsp3) is 0.176. The number of benzene rings is 2. The van der Waals surface area contributed by atoms with E-state index in [0.717, 1.165) is 27.8 Å². The van der Waals surface area contributed by atoms with Gasteiger partial charge in [-0.05, 0) is 24.1 Å². The number of phenols is 1. The van der Waals surface area contributed by atoms with Gasteiger partial charge in [0.05, 0.1) is 5.71 Å². The first kappa shape index (κ1) is 12.6. The summed E-state index contributed by atoms with van der Waals surface area (Å²) in [4.78, 5) is 0. The quantitative estimate of drug-likeness (QED) is 0.671. The number of nitrogens with one attached hydrogen (secondary N) is 2. The molecule has 1 aliphatic rings. The minimum atomic E-state index is 0.207. The Morgan fingerprint density at radius 1 is 0.950 bits per heavy atom. The molecular formula is C17H16N2O. The molecule has 0 spiro atoms. The van der Waals surface area contributed by atoms with Gasteiger partial charge in [0.2, 0.25) is 0 Å². The summed E-state index contributed by atoms with van der Waals surface area (Å²) < 4.78 is 0. The zero-order valence-electron chi connectivity index (χ0n) is 11.3. The number of hydrogen-bond donors (Lipinski definition) is 3. The third kappa shape index (κ3) is 1.92. The summed E-state index contributed by atoms with van der Waals surface area (Å²) in [5.41, 5.74) is 5.37. The zero-order valence-corrected chi connectivity index (χ0v) is 11.3. The lowest BCUT2D eigenvalue weighted by atomic mass is 9.84. The maximum Gasteiger partial charge on any atom is 0.119 e. The van der Waals surface area contributed by atoms with Crippen molar-refractivity contribution in [3.05, 3.63) is 64.2 Å². The van der Waals surface area contributed by atoms with Crippen LogP contribution in [0.25, 0.3) is 0 Å². The molecule has 100 valence electrons. The van der Waals surface area contributed by atoms with Crippen molar-refractivity contribution in [2.75, 3.05) is 0 Å². The van der Waals surface area contributed by atoms with E-state index in [1.807, 2.05) is 37.3 Å². The molecule has 0 amide bonds. The first-order chi connectivity index (χ1) is 9.58. The summed E-state index contributed by atoms with van der Waals surface area (Å²) in [7, 11) is 0. The van der Waals surface area contributed by atoms with Crippen LogP contribution in [0, 0.1) is 17.7 Å². The number of aromatic hydroxyl groups is 1. The van der Waals surface area contributed by atoms with Gasteiger partial charge in [-0.25, -0.2) is 0 Å². The van der Waals surface area contributed by atoms with Crippen LogP contribution in [0.2, 0.25) is 0 Å².